The number of rotatable bonds is 11. The highest BCUT2D eigenvalue weighted by molar-refractivity contribution is 7.92. The van der Waals surface area contributed by atoms with E-state index in [0.717, 1.165) is 38.4 Å². The molecule has 44 heavy (non-hydrogen) atoms. The number of pyridine rings is 1. The average molecular weight is 624 g/mol. The van der Waals surface area contributed by atoms with Crippen molar-refractivity contribution in [2.75, 3.05) is 68.2 Å². The molecule has 1 unspecified atom stereocenters. The lowest BCUT2D eigenvalue weighted by atomic mass is 9.85. The minimum absolute atomic E-state index is 0.256. The molecule has 0 aliphatic carbocycles. The Labute approximate surface area is 262 Å². The summed E-state index contributed by atoms with van der Waals surface area (Å²) in [4.78, 5) is 33.4. The lowest BCUT2D eigenvalue weighted by molar-refractivity contribution is 0.0322. The Balaban J connectivity index is 1.45. The van der Waals surface area contributed by atoms with Crippen LogP contribution in [0.4, 0.5) is 17.1 Å². The number of aryl methyl sites for hydroxylation is 1. The Hall–Kier alpha value is -3.84. The van der Waals surface area contributed by atoms with Crippen LogP contribution in [0.25, 0.3) is 0 Å². The zero-order chi connectivity index (χ0) is 31.9. The molecule has 4 rings (SSSR count). The fraction of sp³-hybridized carbons (Fsp3) is 0.406. The number of hydrogen-bond acceptors (Lipinski definition) is 9. The van der Waals surface area contributed by atoms with Gasteiger partial charge in [0.25, 0.3) is 11.8 Å². The van der Waals surface area contributed by atoms with Crippen molar-refractivity contribution in [3.63, 3.8) is 0 Å². The Morgan fingerprint density at radius 3 is 2.32 bits per heavy atom. The molecule has 0 spiro atoms. The van der Waals surface area contributed by atoms with Crippen LogP contribution in [0.1, 0.15) is 52.7 Å². The molecule has 11 nitrogen and oxygen atoms in total. The van der Waals surface area contributed by atoms with Crippen LogP contribution in [-0.4, -0.2) is 79.1 Å². The molecule has 1 saturated heterocycles. The van der Waals surface area contributed by atoms with E-state index in [1.54, 1.807) is 31.2 Å². The number of carbonyl (C=O) groups is 2. The van der Waals surface area contributed by atoms with Gasteiger partial charge >= 0.3 is 0 Å². The van der Waals surface area contributed by atoms with E-state index in [4.69, 9.17) is 14.2 Å². The van der Waals surface area contributed by atoms with E-state index in [1.807, 2.05) is 39.0 Å². The zero-order valence-corrected chi connectivity index (χ0v) is 26.9. The lowest BCUT2D eigenvalue weighted by Crippen LogP contribution is -2.38. The molecule has 0 radical (unpaired) electrons. The van der Waals surface area contributed by atoms with Crippen LogP contribution >= 0.6 is 0 Å². The van der Waals surface area contributed by atoms with E-state index in [-0.39, 0.29) is 22.6 Å². The van der Waals surface area contributed by atoms with Crippen LogP contribution < -0.4 is 24.8 Å². The summed E-state index contributed by atoms with van der Waals surface area (Å²) >= 11 is -1.38. The molecule has 1 aliphatic rings. The minimum atomic E-state index is -1.38. The van der Waals surface area contributed by atoms with Gasteiger partial charge in [-0.15, -0.1) is 0 Å². The first kappa shape index (κ1) is 33.1. The number of nitrogens with zero attached hydrogens (tertiary/aromatic N) is 2. The first-order chi connectivity index (χ1) is 20.9. The third-order valence-corrected chi connectivity index (χ3v) is 7.65. The van der Waals surface area contributed by atoms with Crippen LogP contribution in [0.3, 0.4) is 0 Å². The molecular formula is C32H41N5O6S. The van der Waals surface area contributed by atoms with Crippen molar-refractivity contribution in [3.05, 3.63) is 71.0 Å². The van der Waals surface area contributed by atoms with Crippen molar-refractivity contribution >= 4 is 40.2 Å². The molecular weight excluding hydrogens is 582 g/mol. The highest BCUT2D eigenvalue weighted by atomic mass is 32.2. The number of amides is 2. The highest BCUT2D eigenvalue weighted by Gasteiger charge is 2.25. The van der Waals surface area contributed by atoms with Gasteiger partial charge in [-0.2, -0.15) is 0 Å². The third-order valence-electron chi connectivity index (χ3n) is 7.14. The van der Waals surface area contributed by atoms with Gasteiger partial charge in [0, 0.05) is 25.3 Å². The molecule has 1 fully saturated rings. The number of benzene rings is 2. The second kappa shape index (κ2) is 14.8. The average Bonchev–Trinajstić information content (AvgIpc) is 2.98. The number of ether oxygens (including phenoxy) is 3. The van der Waals surface area contributed by atoms with Crippen molar-refractivity contribution in [1.29, 1.82) is 0 Å². The van der Waals surface area contributed by atoms with Gasteiger partial charge in [0.05, 0.1) is 60.4 Å². The molecule has 3 N–H and O–H groups in total. The van der Waals surface area contributed by atoms with Crippen molar-refractivity contribution in [2.24, 2.45) is 0 Å². The summed E-state index contributed by atoms with van der Waals surface area (Å²) in [6, 6.07) is 12.3. The van der Waals surface area contributed by atoms with Gasteiger partial charge in [0.15, 0.2) is 5.75 Å². The topological polar surface area (TPSA) is 137 Å². The Morgan fingerprint density at radius 2 is 1.68 bits per heavy atom. The van der Waals surface area contributed by atoms with E-state index in [9.17, 15) is 14.1 Å². The number of nitrogens with one attached hydrogen (secondary N) is 3. The van der Waals surface area contributed by atoms with Crippen molar-refractivity contribution in [3.8, 4) is 11.5 Å². The molecule has 3 aromatic rings. The molecule has 0 saturated carbocycles. The number of carbonyl (C=O) groups excluding carboxylic acids is 2. The first-order valence-electron chi connectivity index (χ1n) is 14.4. The number of aromatic nitrogens is 1. The molecule has 1 aliphatic heterocycles. The summed E-state index contributed by atoms with van der Waals surface area (Å²) in [5, 5.41) is 5.72. The fourth-order valence-electron chi connectivity index (χ4n) is 4.66. The Morgan fingerprint density at radius 1 is 1.02 bits per heavy atom. The standard InChI is InChI=1S/C32H41N5O6S/c1-21-26(30(38)34-23-7-9-25(10-8-23)43-16-13-37-11-14-42-15-12-37)19-24(20-33-21)35-31(39)27-17-22(32(2,3)4)18-28(29(27)41-5)36-44(6)40/h7-10,17-20,36H,11-16H2,1-6H3,(H,34,38)(H,35,39). The van der Waals surface area contributed by atoms with E-state index in [1.165, 1.54) is 19.6 Å². The number of anilines is 3. The van der Waals surface area contributed by atoms with Gasteiger partial charge in [-0.25, -0.2) is 4.72 Å². The Kier molecular flexibility index (Phi) is 11.1. The van der Waals surface area contributed by atoms with Gasteiger partial charge in [-0.3, -0.25) is 19.5 Å². The summed E-state index contributed by atoms with van der Waals surface area (Å²) in [7, 11) is 1.45. The third kappa shape index (κ3) is 8.85. The van der Waals surface area contributed by atoms with E-state index in [0.29, 0.717) is 40.7 Å². The van der Waals surface area contributed by atoms with Crippen LogP contribution in [0.2, 0.25) is 0 Å². The molecule has 2 aromatic carbocycles. The number of hydrogen-bond donors (Lipinski definition) is 3. The first-order valence-corrected chi connectivity index (χ1v) is 16.0. The van der Waals surface area contributed by atoms with E-state index >= 15 is 0 Å². The quantitative estimate of drug-likeness (QED) is 0.261. The van der Waals surface area contributed by atoms with Gasteiger partial charge in [0.1, 0.15) is 24.3 Å². The largest absolute Gasteiger partial charge is 0.593 e. The number of methoxy groups -OCH3 is 1. The summed E-state index contributed by atoms with van der Waals surface area (Å²) in [6.45, 7) is 12.5. The second-order valence-corrected chi connectivity index (χ2v) is 12.6. The molecule has 1 atom stereocenters. The second-order valence-electron chi connectivity index (χ2n) is 11.5. The summed E-state index contributed by atoms with van der Waals surface area (Å²) in [5.41, 5.74) is 3.02. The van der Waals surface area contributed by atoms with Crippen LogP contribution in [0, 0.1) is 6.92 Å². The number of morpholine rings is 1. The molecule has 12 heteroatoms. The molecule has 2 amide bonds. The monoisotopic (exact) mass is 623 g/mol. The van der Waals surface area contributed by atoms with Crippen LogP contribution in [0.15, 0.2) is 48.7 Å². The normalized spacial score (nSPS) is 14.4. The molecule has 0 bridgehead atoms. The van der Waals surface area contributed by atoms with E-state index in [2.05, 4.69) is 25.2 Å². The fourth-order valence-corrected chi connectivity index (χ4v) is 5.12. The molecule has 1 aromatic heterocycles. The predicted molar refractivity (Wildman–Crippen MR) is 173 cm³/mol. The molecule has 236 valence electrons. The van der Waals surface area contributed by atoms with Crippen LogP contribution in [0.5, 0.6) is 11.5 Å². The highest BCUT2D eigenvalue weighted by Crippen LogP contribution is 2.36. The zero-order valence-electron chi connectivity index (χ0n) is 26.1. The van der Waals surface area contributed by atoms with E-state index < -0.39 is 17.3 Å². The predicted octanol–water partition coefficient (Wildman–Crippen LogP) is 4.62. The smallest absolute Gasteiger partial charge is 0.259 e. The maximum Gasteiger partial charge on any atom is 0.259 e. The maximum atomic E-state index is 13.5. The van der Waals surface area contributed by atoms with Crippen molar-refractivity contribution in [1.82, 2.24) is 9.88 Å². The Bertz CT molecular complexity index is 1450. The van der Waals surface area contributed by atoms with Gasteiger partial charge < -0.3 is 29.4 Å². The summed E-state index contributed by atoms with van der Waals surface area (Å²) in [5.74, 6) is 0.154. The SMILES string of the molecule is COc1c(N[S+](C)[O-])cc(C(C)(C)C)cc1C(=O)Nc1cnc(C)c(C(=O)Nc2ccc(OCCN3CCOCC3)cc2)c1. The summed E-state index contributed by atoms with van der Waals surface area (Å²) in [6.07, 6.45) is 3.00. The molecule has 2 heterocycles. The minimum Gasteiger partial charge on any atom is -0.593 e. The maximum absolute atomic E-state index is 13.5. The van der Waals surface area contributed by atoms with Gasteiger partial charge in [-0.1, -0.05) is 20.8 Å². The van der Waals surface area contributed by atoms with Crippen molar-refractivity contribution < 1.29 is 28.4 Å². The lowest BCUT2D eigenvalue weighted by Gasteiger charge is -2.26. The van der Waals surface area contributed by atoms with Gasteiger partial charge in [0.2, 0.25) is 0 Å². The van der Waals surface area contributed by atoms with Crippen molar-refractivity contribution in [2.45, 2.75) is 33.1 Å². The van der Waals surface area contributed by atoms with Gasteiger partial charge in [-0.05, 0) is 60.4 Å². The van der Waals surface area contributed by atoms with Crippen LogP contribution in [-0.2, 0) is 21.5 Å². The summed E-state index contributed by atoms with van der Waals surface area (Å²) < 4.78 is 31.6.